The maximum Gasteiger partial charge on any atom is 0.134 e. The van der Waals surface area contributed by atoms with Crippen molar-refractivity contribution < 1.29 is 9.15 Å². The summed E-state index contributed by atoms with van der Waals surface area (Å²) >= 11 is 0. The van der Waals surface area contributed by atoms with E-state index in [1.807, 2.05) is 43.4 Å². The van der Waals surface area contributed by atoms with E-state index >= 15 is 0 Å². The Morgan fingerprint density at radius 3 is 2.48 bits per heavy atom. The van der Waals surface area contributed by atoms with Crippen LogP contribution in [0.5, 0.6) is 5.75 Å². The van der Waals surface area contributed by atoms with Crippen LogP contribution in [0.15, 0.2) is 40.8 Å². The maximum atomic E-state index is 5.89. The number of ether oxygens (including phenoxy) is 1. The minimum atomic E-state index is 0. The van der Waals surface area contributed by atoms with Crippen LogP contribution < -0.4 is 10.1 Å². The molecule has 1 heterocycles. The molecule has 0 aliphatic carbocycles. The van der Waals surface area contributed by atoms with E-state index in [9.17, 15) is 0 Å². The van der Waals surface area contributed by atoms with Gasteiger partial charge in [0.05, 0.1) is 13.7 Å². The first-order chi connectivity index (χ1) is 9.72. The summed E-state index contributed by atoms with van der Waals surface area (Å²) in [6.07, 6.45) is 0. The topological polar surface area (TPSA) is 37.6 Å². The molecule has 0 amide bonds. The van der Waals surface area contributed by atoms with E-state index in [1.54, 1.807) is 7.11 Å². The van der Waals surface area contributed by atoms with Crippen LogP contribution in [0.4, 0.5) is 0 Å². The van der Waals surface area contributed by atoms with E-state index in [4.69, 9.17) is 9.15 Å². The van der Waals surface area contributed by atoms with Crippen molar-refractivity contribution in [2.45, 2.75) is 6.54 Å². The molecule has 0 saturated carbocycles. The second-order valence-corrected chi connectivity index (χ2v) is 4.84. The Bertz CT molecular complexity index is 525. The molecule has 0 aliphatic heterocycles. The maximum absolute atomic E-state index is 5.89. The van der Waals surface area contributed by atoms with Gasteiger partial charge in [-0.05, 0) is 50.5 Å². The second-order valence-electron chi connectivity index (χ2n) is 4.84. The molecule has 0 spiro atoms. The Labute approximate surface area is 132 Å². The molecule has 0 bridgehead atoms. The molecule has 4 nitrogen and oxygen atoms in total. The number of nitrogens with one attached hydrogen (secondary N) is 1. The molecular formula is C16H23ClN2O2. The van der Waals surface area contributed by atoms with Crippen LogP contribution >= 0.6 is 12.4 Å². The second kappa shape index (κ2) is 8.72. The number of likely N-dealkylation sites (N-methyl/N-ethyl adjacent to an activating group) is 2. The van der Waals surface area contributed by atoms with Gasteiger partial charge in [-0.1, -0.05) is 0 Å². The van der Waals surface area contributed by atoms with E-state index in [0.717, 1.165) is 42.5 Å². The van der Waals surface area contributed by atoms with Crippen molar-refractivity contribution in [2.24, 2.45) is 0 Å². The van der Waals surface area contributed by atoms with E-state index < -0.39 is 0 Å². The normalized spacial score (nSPS) is 10.5. The highest BCUT2D eigenvalue weighted by molar-refractivity contribution is 5.85. The molecule has 21 heavy (non-hydrogen) atoms. The zero-order valence-electron chi connectivity index (χ0n) is 12.8. The highest BCUT2D eigenvalue weighted by Gasteiger charge is 2.07. The van der Waals surface area contributed by atoms with Crippen LogP contribution in [0.25, 0.3) is 11.3 Å². The van der Waals surface area contributed by atoms with Crippen LogP contribution in [-0.4, -0.2) is 39.2 Å². The molecule has 2 rings (SSSR count). The summed E-state index contributed by atoms with van der Waals surface area (Å²) in [5, 5.41) is 3.14. The molecule has 116 valence electrons. The molecule has 0 saturated heterocycles. The van der Waals surface area contributed by atoms with Crippen molar-refractivity contribution in [2.75, 3.05) is 34.3 Å². The van der Waals surface area contributed by atoms with Crippen LogP contribution in [0.2, 0.25) is 0 Å². The standard InChI is InChI=1S/C16H22N2O2.ClH/c1-17-10-11-18(2)12-15-8-9-16(20-15)13-4-6-14(19-3)7-5-13;/h4-9,17H,10-12H2,1-3H3;1H. The Hall–Kier alpha value is -1.49. The van der Waals surface area contributed by atoms with E-state index in [2.05, 4.69) is 17.3 Å². The summed E-state index contributed by atoms with van der Waals surface area (Å²) in [5.41, 5.74) is 1.06. The highest BCUT2D eigenvalue weighted by atomic mass is 35.5. The monoisotopic (exact) mass is 310 g/mol. The van der Waals surface area contributed by atoms with E-state index in [0.29, 0.717) is 0 Å². The fourth-order valence-electron chi connectivity index (χ4n) is 2.02. The van der Waals surface area contributed by atoms with Gasteiger partial charge in [-0.2, -0.15) is 0 Å². The number of methoxy groups -OCH3 is 1. The molecule has 5 heteroatoms. The molecule has 0 fully saturated rings. The summed E-state index contributed by atoms with van der Waals surface area (Å²) in [5.74, 6) is 2.73. The minimum Gasteiger partial charge on any atom is -0.497 e. The predicted octanol–water partition coefficient (Wildman–Crippen LogP) is 3.03. The number of hydrogen-bond donors (Lipinski definition) is 1. The lowest BCUT2D eigenvalue weighted by molar-refractivity contribution is 0.298. The first-order valence-electron chi connectivity index (χ1n) is 6.79. The molecule has 0 atom stereocenters. The molecule has 1 aromatic heterocycles. The average molecular weight is 311 g/mol. The number of nitrogens with zero attached hydrogens (tertiary/aromatic N) is 1. The first kappa shape index (κ1) is 17.6. The van der Waals surface area contributed by atoms with Crippen LogP contribution in [0.3, 0.4) is 0 Å². The van der Waals surface area contributed by atoms with Gasteiger partial charge >= 0.3 is 0 Å². The highest BCUT2D eigenvalue weighted by Crippen LogP contribution is 2.24. The fourth-order valence-corrected chi connectivity index (χ4v) is 2.02. The van der Waals surface area contributed by atoms with Gasteiger partial charge in [0.25, 0.3) is 0 Å². The Morgan fingerprint density at radius 1 is 1.14 bits per heavy atom. The molecule has 0 aliphatic rings. The van der Waals surface area contributed by atoms with Crippen molar-refractivity contribution in [1.29, 1.82) is 0 Å². The third-order valence-corrected chi connectivity index (χ3v) is 3.21. The fraction of sp³-hybridized carbons (Fsp3) is 0.375. The van der Waals surface area contributed by atoms with Crippen LogP contribution in [0, 0.1) is 0 Å². The number of hydrogen-bond acceptors (Lipinski definition) is 4. The van der Waals surface area contributed by atoms with Crippen molar-refractivity contribution in [3.05, 3.63) is 42.2 Å². The number of rotatable bonds is 7. The lowest BCUT2D eigenvalue weighted by atomic mass is 10.2. The SMILES string of the molecule is CNCCN(C)Cc1ccc(-c2ccc(OC)cc2)o1.Cl. The molecular weight excluding hydrogens is 288 g/mol. The number of benzene rings is 1. The molecule has 1 N–H and O–H groups in total. The lowest BCUT2D eigenvalue weighted by Crippen LogP contribution is -2.26. The Morgan fingerprint density at radius 2 is 1.86 bits per heavy atom. The lowest BCUT2D eigenvalue weighted by Gasteiger charge is -2.14. The molecule has 2 aromatic rings. The Kier molecular flexibility index (Phi) is 7.29. The molecule has 1 aromatic carbocycles. The summed E-state index contributed by atoms with van der Waals surface area (Å²) in [4.78, 5) is 2.23. The van der Waals surface area contributed by atoms with Gasteiger partial charge in [0.2, 0.25) is 0 Å². The number of halogens is 1. The summed E-state index contributed by atoms with van der Waals surface area (Å²) in [6, 6.07) is 11.9. The van der Waals surface area contributed by atoms with Crippen molar-refractivity contribution in [1.82, 2.24) is 10.2 Å². The molecule has 0 unspecified atom stereocenters. The third kappa shape index (κ3) is 5.08. The van der Waals surface area contributed by atoms with Gasteiger partial charge < -0.3 is 14.5 Å². The summed E-state index contributed by atoms with van der Waals surface area (Å²) in [7, 11) is 5.72. The predicted molar refractivity (Wildman–Crippen MR) is 88.2 cm³/mol. The smallest absolute Gasteiger partial charge is 0.134 e. The third-order valence-electron chi connectivity index (χ3n) is 3.21. The van der Waals surface area contributed by atoms with Gasteiger partial charge in [-0.15, -0.1) is 12.4 Å². The Balaban J connectivity index is 0.00000220. The van der Waals surface area contributed by atoms with Crippen molar-refractivity contribution >= 4 is 12.4 Å². The minimum absolute atomic E-state index is 0. The largest absolute Gasteiger partial charge is 0.497 e. The van der Waals surface area contributed by atoms with Gasteiger partial charge in [-0.25, -0.2) is 0 Å². The van der Waals surface area contributed by atoms with E-state index in [1.165, 1.54) is 0 Å². The van der Waals surface area contributed by atoms with Gasteiger partial charge in [0.1, 0.15) is 17.3 Å². The van der Waals surface area contributed by atoms with Crippen molar-refractivity contribution in [3.8, 4) is 17.1 Å². The van der Waals surface area contributed by atoms with Crippen LogP contribution in [-0.2, 0) is 6.54 Å². The number of furan rings is 1. The summed E-state index contributed by atoms with van der Waals surface area (Å²) < 4.78 is 11.0. The van der Waals surface area contributed by atoms with Gasteiger partial charge in [0.15, 0.2) is 0 Å². The average Bonchev–Trinajstić information content (AvgIpc) is 2.93. The van der Waals surface area contributed by atoms with Crippen molar-refractivity contribution in [3.63, 3.8) is 0 Å². The molecule has 0 radical (unpaired) electrons. The quantitative estimate of drug-likeness (QED) is 0.853. The van der Waals surface area contributed by atoms with Gasteiger partial charge in [0, 0.05) is 18.7 Å². The zero-order chi connectivity index (χ0) is 14.4. The first-order valence-corrected chi connectivity index (χ1v) is 6.79. The van der Waals surface area contributed by atoms with Crippen LogP contribution in [0.1, 0.15) is 5.76 Å². The van der Waals surface area contributed by atoms with Gasteiger partial charge in [-0.3, -0.25) is 4.90 Å². The zero-order valence-corrected chi connectivity index (χ0v) is 13.6. The van der Waals surface area contributed by atoms with E-state index in [-0.39, 0.29) is 12.4 Å². The summed E-state index contributed by atoms with van der Waals surface area (Å²) in [6.45, 7) is 2.79.